The molecule has 5 nitrogen and oxygen atoms in total. The molecule has 0 bridgehead atoms. The van der Waals surface area contributed by atoms with E-state index in [0.717, 1.165) is 24.9 Å². The smallest absolute Gasteiger partial charge is 0.177 e. The zero-order valence-electron chi connectivity index (χ0n) is 11.6. The number of hydrogen-bond donors (Lipinski definition) is 1. The molecule has 1 aliphatic carbocycles. The summed E-state index contributed by atoms with van der Waals surface area (Å²) in [6.45, 7) is 0.700. The summed E-state index contributed by atoms with van der Waals surface area (Å²) < 4.78 is 46.7. The Hall–Kier alpha value is -1.08. The van der Waals surface area contributed by atoms with Crippen LogP contribution in [-0.4, -0.2) is 35.9 Å². The highest BCUT2D eigenvalue weighted by Gasteiger charge is 2.21. The van der Waals surface area contributed by atoms with E-state index in [-0.39, 0.29) is 9.79 Å². The lowest BCUT2D eigenvalue weighted by Gasteiger charge is -2.12. The predicted molar refractivity (Wildman–Crippen MR) is 78.5 cm³/mol. The van der Waals surface area contributed by atoms with Gasteiger partial charge in [-0.25, -0.2) is 16.8 Å². The Morgan fingerprint density at radius 3 is 2.25 bits per heavy atom. The van der Waals surface area contributed by atoms with Crippen LogP contribution < -0.4 is 5.32 Å². The molecule has 0 radical (unpaired) electrons. The number of benzene rings is 1. The van der Waals surface area contributed by atoms with E-state index in [1.807, 2.05) is 0 Å². The molecule has 7 heteroatoms. The second-order valence-corrected chi connectivity index (χ2v) is 9.36. The molecule has 1 aromatic carbocycles. The molecular weight excluding hydrogens is 298 g/mol. The first-order valence-electron chi connectivity index (χ1n) is 6.46. The summed E-state index contributed by atoms with van der Waals surface area (Å²) in [5.74, 6) is 0.750. The summed E-state index contributed by atoms with van der Waals surface area (Å²) in [5, 5.41) is 3.10. The number of nitrogens with one attached hydrogen (secondary N) is 1. The van der Waals surface area contributed by atoms with Gasteiger partial charge in [-0.1, -0.05) is 12.8 Å². The van der Waals surface area contributed by atoms with Gasteiger partial charge in [0.25, 0.3) is 0 Å². The average Bonchev–Trinajstić information content (AvgIpc) is 3.10. The van der Waals surface area contributed by atoms with Crippen molar-refractivity contribution < 1.29 is 16.8 Å². The monoisotopic (exact) mass is 317 g/mol. The summed E-state index contributed by atoms with van der Waals surface area (Å²) in [7, 11) is -6.90. The second kappa shape index (κ2) is 5.37. The predicted octanol–water partition coefficient (Wildman–Crippen LogP) is 1.71. The first-order chi connectivity index (χ1) is 9.18. The van der Waals surface area contributed by atoms with Gasteiger partial charge in [0.05, 0.1) is 15.5 Å². The van der Waals surface area contributed by atoms with Gasteiger partial charge in [0.15, 0.2) is 19.7 Å². The van der Waals surface area contributed by atoms with Crippen LogP contribution in [0.4, 0.5) is 5.69 Å². The maximum absolute atomic E-state index is 11.8. The Labute approximate surface area is 120 Å². The van der Waals surface area contributed by atoms with Crippen LogP contribution in [0.15, 0.2) is 28.0 Å². The van der Waals surface area contributed by atoms with Crippen LogP contribution in [0.5, 0.6) is 0 Å². The third-order valence-corrected chi connectivity index (χ3v) is 5.59. The summed E-state index contributed by atoms with van der Waals surface area (Å²) >= 11 is 0. The minimum Gasteiger partial charge on any atom is -0.384 e. The Kier molecular flexibility index (Phi) is 4.11. The van der Waals surface area contributed by atoms with Crippen molar-refractivity contribution in [3.05, 3.63) is 18.2 Å². The SMILES string of the molecule is CS(=O)(=O)c1ccc(NCCC2CC2)c(S(C)(=O)=O)c1. The third-order valence-electron chi connectivity index (χ3n) is 3.35. The Bertz CT molecular complexity index is 704. The lowest BCUT2D eigenvalue weighted by molar-refractivity contribution is 0.600. The Morgan fingerprint density at radius 1 is 1.10 bits per heavy atom. The van der Waals surface area contributed by atoms with Gasteiger partial charge in [-0.05, 0) is 30.5 Å². The van der Waals surface area contributed by atoms with Crippen molar-refractivity contribution >= 4 is 25.4 Å². The van der Waals surface area contributed by atoms with Crippen LogP contribution in [0.1, 0.15) is 19.3 Å². The summed E-state index contributed by atoms with van der Waals surface area (Å²) in [6.07, 6.45) is 5.65. The highest BCUT2D eigenvalue weighted by Crippen LogP contribution is 2.32. The number of sulfone groups is 2. The van der Waals surface area contributed by atoms with Gasteiger partial charge in [0.1, 0.15) is 0 Å². The summed E-state index contributed by atoms with van der Waals surface area (Å²) in [5.41, 5.74) is 0.473. The molecule has 0 aromatic heterocycles. The van der Waals surface area contributed by atoms with Gasteiger partial charge in [-0.2, -0.15) is 0 Å². The fourth-order valence-corrected chi connectivity index (χ4v) is 3.61. The molecule has 20 heavy (non-hydrogen) atoms. The lowest BCUT2D eigenvalue weighted by Crippen LogP contribution is -2.09. The number of rotatable bonds is 6. The maximum Gasteiger partial charge on any atom is 0.177 e. The molecule has 1 saturated carbocycles. The first kappa shape index (κ1) is 15.3. The molecule has 0 atom stereocenters. The molecule has 1 N–H and O–H groups in total. The molecule has 0 unspecified atom stereocenters. The van der Waals surface area contributed by atoms with Gasteiger partial charge in [0.2, 0.25) is 0 Å². The average molecular weight is 317 g/mol. The van der Waals surface area contributed by atoms with E-state index >= 15 is 0 Å². The molecule has 1 aliphatic rings. The topological polar surface area (TPSA) is 80.3 Å². The normalized spacial score (nSPS) is 16.1. The van der Waals surface area contributed by atoms with Crippen LogP contribution in [0.2, 0.25) is 0 Å². The molecular formula is C13H19NO4S2. The summed E-state index contributed by atoms with van der Waals surface area (Å²) in [4.78, 5) is 0.0573. The number of anilines is 1. The number of hydrogen-bond acceptors (Lipinski definition) is 5. The van der Waals surface area contributed by atoms with Crippen LogP contribution in [0.25, 0.3) is 0 Å². The van der Waals surface area contributed by atoms with Crippen molar-refractivity contribution in [2.45, 2.75) is 29.1 Å². The van der Waals surface area contributed by atoms with Crippen LogP contribution in [-0.2, 0) is 19.7 Å². The van der Waals surface area contributed by atoms with E-state index < -0.39 is 19.7 Å². The molecule has 0 heterocycles. The molecule has 1 fully saturated rings. The van der Waals surface area contributed by atoms with E-state index in [4.69, 9.17) is 0 Å². The van der Waals surface area contributed by atoms with Gasteiger partial charge in [-0.15, -0.1) is 0 Å². The lowest BCUT2D eigenvalue weighted by atomic mass is 10.2. The zero-order valence-corrected chi connectivity index (χ0v) is 13.2. The Balaban J connectivity index is 2.30. The quantitative estimate of drug-likeness (QED) is 0.864. The van der Waals surface area contributed by atoms with Crippen LogP contribution >= 0.6 is 0 Å². The molecule has 0 amide bonds. The van der Waals surface area contributed by atoms with Gasteiger partial charge < -0.3 is 5.32 Å². The van der Waals surface area contributed by atoms with Gasteiger partial charge in [0, 0.05) is 19.1 Å². The van der Waals surface area contributed by atoms with Crippen molar-refractivity contribution in [2.24, 2.45) is 5.92 Å². The van der Waals surface area contributed by atoms with Crippen molar-refractivity contribution in [1.82, 2.24) is 0 Å². The van der Waals surface area contributed by atoms with E-state index in [1.165, 1.54) is 31.0 Å². The standard InChI is InChI=1S/C13H19NO4S2/c1-19(15,16)11-5-6-12(13(9-11)20(2,17)18)14-8-7-10-3-4-10/h5-6,9-10,14H,3-4,7-8H2,1-2H3. The molecule has 1 aromatic rings. The van der Waals surface area contributed by atoms with Crippen molar-refractivity contribution in [2.75, 3.05) is 24.4 Å². The van der Waals surface area contributed by atoms with E-state index in [2.05, 4.69) is 5.32 Å². The molecule has 0 saturated heterocycles. The fraction of sp³-hybridized carbons (Fsp3) is 0.538. The molecule has 2 rings (SSSR count). The van der Waals surface area contributed by atoms with Gasteiger partial charge >= 0.3 is 0 Å². The third kappa shape index (κ3) is 3.96. The highest BCUT2D eigenvalue weighted by atomic mass is 32.2. The van der Waals surface area contributed by atoms with Gasteiger partial charge in [-0.3, -0.25) is 0 Å². The largest absolute Gasteiger partial charge is 0.384 e. The van der Waals surface area contributed by atoms with Crippen molar-refractivity contribution in [3.8, 4) is 0 Å². The van der Waals surface area contributed by atoms with E-state index in [9.17, 15) is 16.8 Å². The molecule has 0 aliphatic heterocycles. The fourth-order valence-electron chi connectivity index (χ4n) is 2.00. The molecule has 112 valence electrons. The van der Waals surface area contributed by atoms with Crippen molar-refractivity contribution in [3.63, 3.8) is 0 Å². The summed E-state index contributed by atoms with van der Waals surface area (Å²) in [6, 6.07) is 4.19. The Morgan fingerprint density at radius 2 is 1.75 bits per heavy atom. The molecule has 0 spiro atoms. The maximum atomic E-state index is 11.8. The van der Waals surface area contributed by atoms with Crippen LogP contribution in [0.3, 0.4) is 0 Å². The van der Waals surface area contributed by atoms with Crippen molar-refractivity contribution in [1.29, 1.82) is 0 Å². The zero-order chi connectivity index (χ0) is 15.0. The first-order valence-corrected chi connectivity index (χ1v) is 10.2. The highest BCUT2D eigenvalue weighted by molar-refractivity contribution is 7.91. The minimum absolute atomic E-state index is 0.0191. The second-order valence-electron chi connectivity index (χ2n) is 5.36. The van der Waals surface area contributed by atoms with E-state index in [0.29, 0.717) is 12.2 Å². The van der Waals surface area contributed by atoms with Crippen LogP contribution in [0, 0.1) is 5.92 Å². The minimum atomic E-state index is -3.48. The van der Waals surface area contributed by atoms with E-state index in [1.54, 1.807) is 0 Å².